The van der Waals surface area contributed by atoms with Crippen LogP contribution < -0.4 is 9.47 Å². The maximum atomic E-state index is 9.81. The van der Waals surface area contributed by atoms with Crippen molar-refractivity contribution in [1.82, 2.24) is 0 Å². The van der Waals surface area contributed by atoms with E-state index in [0.29, 0.717) is 22.9 Å². The van der Waals surface area contributed by atoms with Crippen molar-refractivity contribution in [3.63, 3.8) is 0 Å². The molecule has 0 spiro atoms. The molecule has 4 heteroatoms. The van der Waals surface area contributed by atoms with Gasteiger partial charge in [-0.25, -0.2) is 0 Å². The minimum atomic E-state index is -0.641. The van der Waals surface area contributed by atoms with Crippen molar-refractivity contribution >= 4 is 11.6 Å². The van der Waals surface area contributed by atoms with Gasteiger partial charge in [0.15, 0.2) is 0 Å². The molecule has 1 N–H and O–H groups in total. The second-order valence-electron chi connectivity index (χ2n) is 4.96. The number of methoxy groups -OCH3 is 1. The molecule has 0 aliphatic rings. The Morgan fingerprint density at radius 1 is 1.14 bits per heavy atom. The van der Waals surface area contributed by atoms with E-state index in [-0.39, 0.29) is 0 Å². The number of aryl methyl sites for hydroxylation is 1. The second-order valence-corrected chi connectivity index (χ2v) is 5.40. The average Bonchev–Trinajstić information content (AvgIpc) is 2.46. The summed E-state index contributed by atoms with van der Waals surface area (Å²) in [5.74, 6) is 1.41. The molecular weight excluding hydrogens is 288 g/mol. The Bertz CT molecular complexity index is 623. The first kappa shape index (κ1) is 15.7. The number of aliphatic hydroxyl groups is 1. The first-order chi connectivity index (χ1) is 10.0. The highest BCUT2D eigenvalue weighted by Gasteiger charge is 2.11. The summed E-state index contributed by atoms with van der Waals surface area (Å²) in [4.78, 5) is 0. The van der Waals surface area contributed by atoms with E-state index < -0.39 is 6.10 Å². The molecule has 2 rings (SSSR count). The smallest absolute Gasteiger partial charge is 0.125 e. The molecule has 112 valence electrons. The summed E-state index contributed by atoms with van der Waals surface area (Å²) in [6, 6.07) is 11.2. The molecule has 1 atom stereocenters. The van der Waals surface area contributed by atoms with Gasteiger partial charge in [0.25, 0.3) is 0 Å². The van der Waals surface area contributed by atoms with Crippen LogP contribution in [0.5, 0.6) is 11.5 Å². The number of halogens is 1. The van der Waals surface area contributed by atoms with E-state index in [4.69, 9.17) is 21.1 Å². The minimum Gasteiger partial charge on any atom is -0.496 e. The number of aliphatic hydroxyl groups excluding tert-OH is 1. The zero-order valence-corrected chi connectivity index (χ0v) is 13.1. The van der Waals surface area contributed by atoms with E-state index in [1.807, 2.05) is 25.1 Å². The fourth-order valence-corrected chi connectivity index (χ4v) is 2.33. The van der Waals surface area contributed by atoms with Crippen molar-refractivity contribution in [1.29, 1.82) is 0 Å². The quantitative estimate of drug-likeness (QED) is 0.895. The van der Waals surface area contributed by atoms with Crippen LogP contribution in [0.15, 0.2) is 36.4 Å². The van der Waals surface area contributed by atoms with E-state index in [2.05, 4.69) is 0 Å². The van der Waals surface area contributed by atoms with Crippen LogP contribution >= 0.6 is 11.6 Å². The van der Waals surface area contributed by atoms with Crippen molar-refractivity contribution in [2.24, 2.45) is 0 Å². The van der Waals surface area contributed by atoms with Crippen LogP contribution in [-0.4, -0.2) is 12.2 Å². The number of benzene rings is 2. The number of hydrogen-bond donors (Lipinski definition) is 1. The van der Waals surface area contributed by atoms with Crippen LogP contribution in [0.2, 0.25) is 5.02 Å². The van der Waals surface area contributed by atoms with Crippen LogP contribution in [0.1, 0.15) is 29.7 Å². The summed E-state index contributed by atoms with van der Waals surface area (Å²) in [5, 5.41) is 10.4. The number of ether oxygens (including phenoxy) is 2. The van der Waals surface area contributed by atoms with Gasteiger partial charge in [0, 0.05) is 16.1 Å². The molecule has 0 heterocycles. The maximum Gasteiger partial charge on any atom is 0.125 e. The Balaban J connectivity index is 2.22. The van der Waals surface area contributed by atoms with E-state index in [0.717, 1.165) is 16.9 Å². The Hall–Kier alpha value is -1.71. The molecule has 3 nitrogen and oxygen atoms in total. The van der Waals surface area contributed by atoms with Crippen molar-refractivity contribution < 1.29 is 14.6 Å². The second kappa shape index (κ2) is 6.83. The first-order valence-electron chi connectivity index (χ1n) is 6.75. The largest absolute Gasteiger partial charge is 0.496 e. The fourth-order valence-electron chi connectivity index (χ4n) is 2.15. The molecule has 0 radical (unpaired) electrons. The fraction of sp³-hybridized carbons (Fsp3) is 0.294. The van der Waals surface area contributed by atoms with Crippen molar-refractivity contribution in [3.8, 4) is 11.5 Å². The minimum absolute atomic E-state index is 0.367. The Morgan fingerprint density at radius 2 is 1.86 bits per heavy atom. The summed E-state index contributed by atoms with van der Waals surface area (Å²) in [6.45, 7) is 4.07. The molecule has 0 amide bonds. The van der Waals surface area contributed by atoms with Crippen LogP contribution in [0.3, 0.4) is 0 Å². The van der Waals surface area contributed by atoms with Crippen LogP contribution in [0, 0.1) is 6.92 Å². The molecule has 21 heavy (non-hydrogen) atoms. The van der Waals surface area contributed by atoms with Crippen LogP contribution in [0.25, 0.3) is 0 Å². The topological polar surface area (TPSA) is 38.7 Å². The van der Waals surface area contributed by atoms with E-state index in [9.17, 15) is 5.11 Å². The lowest BCUT2D eigenvalue weighted by Crippen LogP contribution is -2.03. The number of hydrogen-bond acceptors (Lipinski definition) is 3. The first-order valence-corrected chi connectivity index (χ1v) is 7.13. The molecular formula is C17H19ClO3. The molecule has 0 aromatic heterocycles. The predicted octanol–water partition coefficient (Wildman–Crippen LogP) is 4.29. The Labute approximate surface area is 130 Å². The summed E-state index contributed by atoms with van der Waals surface area (Å²) in [7, 11) is 1.64. The van der Waals surface area contributed by atoms with E-state index in [1.54, 1.807) is 32.2 Å². The average molecular weight is 307 g/mol. The molecule has 0 saturated heterocycles. The highest BCUT2D eigenvalue weighted by molar-refractivity contribution is 6.30. The van der Waals surface area contributed by atoms with Gasteiger partial charge in [0.2, 0.25) is 0 Å². The van der Waals surface area contributed by atoms with Gasteiger partial charge in [-0.05, 0) is 44.2 Å². The Kier molecular flexibility index (Phi) is 5.10. The highest BCUT2D eigenvalue weighted by Crippen LogP contribution is 2.30. The molecule has 0 bridgehead atoms. The van der Waals surface area contributed by atoms with E-state index >= 15 is 0 Å². The Morgan fingerprint density at radius 3 is 2.52 bits per heavy atom. The van der Waals surface area contributed by atoms with Gasteiger partial charge >= 0.3 is 0 Å². The van der Waals surface area contributed by atoms with Crippen molar-refractivity contribution in [2.75, 3.05) is 7.11 Å². The summed E-state index contributed by atoms with van der Waals surface area (Å²) in [5.41, 5.74) is 2.78. The molecule has 2 aromatic carbocycles. The van der Waals surface area contributed by atoms with Gasteiger partial charge in [0.05, 0.1) is 13.2 Å². The van der Waals surface area contributed by atoms with Gasteiger partial charge < -0.3 is 14.6 Å². The van der Waals surface area contributed by atoms with Crippen molar-refractivity contribution in [2.45, 2.75) is 26.6 Å². The standard InChI is InChI=1S/C17H19ClO3/c1-11-4-6-16(20-3)13(8-11)10-21-17-7-5-14(18)9-15(17)12(2)19/h4-9,12,19H,10H2,1-3H3. The monoisotopic (exact) mass is 306 g/mol. The van der Waals surface area contributed by atoms with Gasteiger partial charge in [-0.3, -0.25) is 0 Å². The third-order valence-electron chi connectivity index (χ3n) is 3.24. The third kappa shape index (κ3) is 3.90. The van der Waals surface area contributed by atoms with Crippen molar-refractivity contribution in [3.05, 3.63) is 58.1 Å². The molecule has 0 aliphatic carbocycles. The van der Waals surface area contributed by atoms with E-state index in [1.165, 1.54) is 0 Å². The summed E-state index contributed by atoms with van der Waals surface area (Å²) >= 11 is 5.96. The molecule has 0 saturated carbocycles. The molecule has 1 unspecified atom stereocenters. The number of rotatable bonds is 5. The normalized spacial score (nSPS) is 12.0. The lowest BCUT2D eigenvalue weighted by Gasteiger charge is -2.15. The molecule has 0 fully saturated rings. The zero-order valence-electron chi connectivity index (χ0n) is 12.4. The van der Waals surface area contributed by atoms with Gasteiger partial charge in [0.1, 0.15) is 18.1 Å². The predicted molar refractivity (Wildman–Crippen MR) is 84.1 cm³/mol. The van der Waals surface area contributed by atoms with Gasteiger partial charge in [-0.15, -0.1) is 0 Å². The van der Waals surface area contributed by atoms with Crippen LogP contribution in [0.4, 0.5) is 0 Å². The lowest BCUT2D eigenvalue weighted by atomic mass is 10.1. The lowest BCUT2D eigenvalue weighted by molar-refractivity contribution is 0.190. The zero-order chi connectivity index (χ0) is 15.4. The van der Waals surface area contributed by atoms with Gasteiger partial charge in [-0.2, -0.15) is 0 Å². The molecule has 0 aliphatic heterocycles. The maximum absolute atomic E-state index is 9.81. The van der Waals surface area contributed by atoms with Crippen LogP contribution in [-0.2, 0) is 6.61 Å². The summed E-state index contributed by atoms with van der Waals surface area (Å²) in [6.07, 6.45) is -0.641. The summed E-state index contributed by atoms with van der Waals surface area (Å²) < 4.78 is 11.2. The molecule has 2 aromatic rings. The SMILES string of the molecule is COc1ccc(C)cc1COc1ccc(Cl)cc1C(C)O. The highest BCUT2D eigenvalue weighted by atomic mass is 35.5. The van der Waals surface area contributed by atoms with Gasteiger partial charge in [-0.1, -0.05) is 23.2 Å². The third-order valence-corrected chi connectivity index (χ3v) is 3.48.